The van der Waals surface area contributed by atoms with Gasteiger partial charge < -0.3 is 24.4 Å². The molecule has 126 valence electrons. The summed E-state index contributed by atoms with van der Waals surface area (Å²) in [4.78, 5) is 45.1. The highest BCUT2D eigenvalue weighted by atomic mass is 16.6. The van der Waals surface area contributed by atoms with Crippen LogP contribution in [0.25, 0.3) is 0 Å². The zero-order valence-corrected chi connectivity index (χ0v) is 12.8. The molecule has 0 spiro atoms. The van der Waals surface area contributed by atoms with Gasteiger partial charge in [-0.3, -0.25) is 19.2 Å². The van der Waals surface area contributed by atoms with E-state index in [1.807, 2.05) is 0 Å². The minimum absolute atomic E-state index is 0.691. The molecular weight excluding hydrogens is 300 g/mol. The topological polar surface area (TPSA) is 136 Å². The first-order valence-electron chi connectivity index (χ1n) is 6.41. The molecule has 0 fully saturated rings. The molecule has 22 heavy (non-hydrogen) atoms. The van der Waals surface area contributed by atoms with Crippen molar-refractivity contribution in [2.24, 2.45) is 0 Å². The van der Waals surface area contributed by atoms with E-state index in [9.17, 15) is 24.3 Å². The third-order valence-electron chi connectivity index (χ3n) is 2.49. The number of carbonyl (C=O) groups is 4. The van der Waals surface area contributed by atoms with Crippen LogP contribution in [0.3, 0.4) is 0 Å². The maximum absolute atomic E-state index is 11.7. The van der Waals surface area contributed by atoms with Crippen LogP contribution in [0.5, 0.6) is 0 Å². The van der Waals surface area contributed by atoms with Gasteiger partial charge in [-0.25, -0.2) is 0 Å². The van der Waals surface area contributed by atoms with E-state index in [-0.39, 0.29) is 0 Å². The van der Waals surface area contributed by atoms with E-state index in [4.69, 9.17) is 19.3 Å². The van der Waals surface area contributed by atoms with Gasteiger partial charge in [0.1, 0.15) is 6.10 Å². The molecule has 0 rings (SSSR count). The number of aliphatic hydroxyl groups is 2. The Labute approximate surface area is 127 Å². The summed E-state index contributed by atoms with van der Waals surface area (Å²) in [5, 5.41) is 18.8. The fraction of sp³-hybridized carbons (Fsp3) is 0.692. The first-order valence-corrected chi connectivity index (χ1v) is 6.41. The largest absolute Gasteiger partial charge is 0.456 e. The number of rotatable bonds is 8. The minimum atomic E-state index is -1.65. The van der Waals surface area contributed by atoms with E-state index < -0.39 is 54.7 Å². The lowest BCUT2D eigenvalue weighted by Crippen LogP contribution is -2.53. The van der Waals surface area contributed by atoms with E-state index >= 15 is 0 Å². The van der Waals surface area contributed by atoms with Crippen molar-refractivity contribution in [1.29, 1.82) is 0 Å². The molecule has 0 aliphatic rings. The molecule has 9 heteroatoms. The average molecular weight is 320 g/mol. The summed E-state index contributed by atoms with van der Waals surface area (Å²) in [5.41, 5.74) is 0. The normalized spacial score (nSPS) is 15.9. The summed E-state index contributed by atoms with van der Waals surface area (Å²) in [7, 11) is 0. The third kappa shape index (κ3) is 6.64. The number of carbonyl (C=O) groups excluding carboxylic acids is 4. The van der Waals surface area contributed by atoms with Gasteiger partial charge in [0.05, 0.1) is 6.61 Å². The van der Waals surface area contributed by atoms with Crippen LogP contribution in [-0.4, -0.2) is 64.9 Å². The number of esters is 3. The fourth-order valence-electron chi connectivity index (χ4n) is 1.71. The Balaban J connectivity index is 5.66. The lowest BCUT2D eigenvalue weighted by molar-refractivity contribution is -0.195. The number of hydrogen-bond donors (Lipinski definition) is 2. The van der Waals surface area contributed by atoms with Crippen molar-refractivity contribution < 1.29 is 43.6 Å². The number of ketones is 1. The molecule has 0 saturated heterocycles. The monoisotopic (exact) mass is 320 g/mol. The summed E-state index contributed by atoms with van der Waals surface area (Å²) >= 11 is 0. The van der Waals surface area contributed by atoms with Crippen molar-refractivity contribution in [2.45, 2.75) is 52.1 Å². The first-order chi connectivity index (χ1) is 10.1. The molecule has 0 aromatic heterocycles. The van der Waals surface area contributed by atoms with Crippen molar-refractivity contribution in [1.82, 2.24) is 0 Å². The van der Waals surface area contributed by atoms with Crippen LogP contribution in [0.1, 0.15) is 27.7 Å². The van der Waals surface area contributed by atoms with Gasteiger partial charge in [-0.15, -0.1) is 0 Å². The molecule has 0 bridgehead atoms. The number of ether oxygens (including phenoxy) is 3. The fourth-order valence-corrected chi connectivity index (χ4v) is 1.71. The maximum Gasteiger partial charge on any atom is 0.303 e. The van der Waals surface area contributed by atoms with E-state index in [0.29, 0.717) is 0 Å². The lowest BCUT2D eigenvalue weighted by atomic mass is 10.00. The van der Waals surface area contributed by atoms with Crippen LogP contribution in [-0.2, 0) is 33.4 Å². The van der Waals surface area contributed by atoms with Crippen LogP contribution >= 0.6 is 0 Å². The second-order valence-corrected chi connectivity index (χ2v) is 4.54. The molecule has 0 aromatic rings. The van der Waals surface area contributed by atoms with E-state index in [1.165, 1.54) is 0 Å². The van der Waals surface area contributed by atoms with Crippen molar-refractivity contribution in [3.63, 3.8) is 0 Å². The van der Waals surface area contributed by atoms with Gasteiger partial charge in [0, 0.05) is 20.8 Å². The quantitative estimate of drug-likeness (QED) is 0.414. The Hall–Kier alpha value is -2.00. The SMILES string of the molecule is CC(=O)O[C@@H]([C@H](OC(C)=O)[C@@H](OC(C)=O)C(C)=O)[C@H](O)CO. The second kappa shape index (κ2) is 9.11. The summed E-state index contributed by atoms with van der Waals surface area (Å²) in [5.74, 6) is -3.23. The van der Waals surface area contributed by atoms with Crippen LogP contribution in [0.2, 0.25) is 0 Å². The van der Waals surface area contributed by atoms with E-state index in [2.05, 4.69) is 0 Å². The summed E-state index contributed by atoms with van der Waals surface area (Å²) < 4.78 is 14.5. The third-order valence-corrected chi connectivity index (χ3v) is 2.49. The molecule has 4 atom stereocenters. The predicted molar refractivity (Wildman–Crippen MR) is 70.4 cm³/mol. The Morgan fingerprint density at radius 2 is 1.23 bits per heavy atom. The predicted octanol–water partition coefficient (Wildman–Crippen LogP) is -1.28. The molecule has 0 heterocycles. The molecule has 2 N–H and O–H groups in total. The first kappa shape index (κ1) is 20.0. The summed E-state index contributed by atoms with van der Waals surface area (Å²) in [6, 6.07) is 0. The Bertz CT molecular complexity index is 431. The smallest absolute Gasteiger partial charge is 0.303 e. The zero-order chi connectivity index (χ0) is 17.4. The average Bonchev–Trinajstić information content (AvgIpc) is 2.38. The molecule has 0 aromatic carbocycles. The number of aliphatic hydroxyl groups excluding tert-OH is 2. The molecule has 0 radical (unpaired) electrons. The van der Waals surface area contributed by atoms with Crippen LogP contribution in [0, 0.1) is 0 Å². The molecule has 0 aliphatic heterocycles. The van der Waals surface area contributed by atoms with Crippen molar-refractivity contribution >= 4 is 23.7 Å². The molecule has 0 amide bonds. The Morgan fingerprint density at radius 3 is 1.55 bits per heavy atom. The Morgan fingerprint density at radius 1 is 0.818 bits per heavy atom. The van der Waals surface area contributed by atoms with E-state index in [1.54, 1.807) is 0 Å². The van der Waals surface area contributed by atoms with Crippen LogP contribution < -0.4 is 0 Å². The van der Waals surface area contributed by atoms with Crippen molar-refractivity contribution in [3.8, 4) is 0 Å². The second-order valence-electron chi connectivity index (χ2n) is 4.54. The number of Topliss-reactive ketones (excluding diaryl/α,β-unsaturated/α-hetero) is 1. The van der Waals surface area contributed by atoms with Gasteiger partial charge >= 0.3 is 17.9 Å². The van der Waals surface area contributed by atoms with Crippen LogP contribution in [0.15, 0.2) is 0 Å². The Kier molecular flexibility index (Phi) is 8.28. The molecular formula is C13H20O9. The minimum Gasteiger partial charge on any atom is -0.456 e. The highest BCUT2D eigenvalue weighted by Crippen LogP contribution is 2.18. The lowest BCUT2D eigenvalue weighted by Gasteiger charge is -2.32. The highest BCUT2D eigenvalue weighted by Gasteiger charge is 2.43. The summed E-state index contributed by atoms with van der Waals surface area (Å²) in [6.07, 6.45) is -6.41. The van der Waals surface area contributed by atoms with Gasteiger partial charge in [-0.1, -0.05) is 0 Å². The molecule has 9 nitrogen and oxygen atoms in total. The molecule has 0 aliphatic carbocycles. The molecule has 0 saturated carbocycles. The zero-order valence-electron chi connectivity index (χ0n) is 12.8. The standard InChI is InChI=1S/C13H20O9/c1-6(15)11(20-7(2)16)13(22-9(4)18)12(10(19)5-14)21-8(3)17/h10-14,19H,5H2,1-4H3/t10-,11+,12-,13-/m1/s1. The van der Waals surface area contributed by atoms with Crippen LogP contribution in [0.4, 0.5) is 0 Å². The summed E-state index contributed by atoms with van der Waals surface area (Å²) in [6.45, 7) is 3.31. The van der Waals surface area contributed by atoms with Gasteiger partial charge in [-0.05, 0) is 6.92 Å². The van der Waals surface area contributed by atoms with Crippen molar-refractivity contribution in [3.05, 3.63) is 0 Å². The maximum atomic E-state index is 11.7. The highest BCUT2D eigenvalue weighted by molar-refractivity contribution is 5.84. The van der Waals surface area contributed by atoms with Gasteiger partial charge in [-0.2, -0.15) is 0 Å². The number of hydrogen-bond acceptors (Lipinski definition) is 9. The molecule has 0 unspecified atom stereocenters. The van der Waals surface area contributed by atoms with Gasteiger partial charge in [0.25, 0.3) is 0 Å². The van der Waals surface area contributed by atoms with Crippen molar-refractivity contribution in [2.75, 3.05) is 6.61 Å². The van der Waals surface area contributed by atoms with Gasteiger partial charge in [0.2, 0.25) is 0 Å². The van der Waals surface area contributed by atoms with Gasteiger partial charge in [0.15, 0.2) is 24.1 Å². The van der Waals surface area contributed by atoms with E-state index in [0.717, 1.165) is 27.7 Å².